The van der Waals surface area contributed by atoms with E-state index in [1.54, 1.807) is 0 Å². The monoisotopic (exact) mass is 267 g/mol. The standard InChI is InChI=1S/C17H21N3/c1-6-16(12(2)20(4)5)13-7-8-14-11-19-17(18-3)10-15(14)9-13/h6-11H,1H2,2-5H3,(H,18,19)/b16-12+. The van der Waals surface area contributed by atoms with Gasteiger partial charge in [0.05, 0.1) is 0 Å². The maximum atomic E-state index is 4.33. The van der Waals surface area contributed by atoms with Crippen LogP contribution in [0.1, 0.15) is 12.5 Å². The van der Waals surface area contributed by atoms with Crippen molar-refractivity contribution in [3.8, 4) is 0 Å². The van der Waals surface area contributed by atoms with Crippen molar-refractivity contribution in [2.75, 3.05) is 26.5 Å². The molecule has 0 aliphatic carbocycles. The van der Waals surface area contributed by atoms with Gasteiger partial charge in [0, 0.05) is 38.4 Å². The fourth-order valence-electron chi connectivity index (χ4n) is 2.16. The maximum Gasteiger partial charge on any atom is 0.126 e. The normalized spacial score (nSPS) is 12.0. The van der Waals surface area contributed by atoms with Gasteiger partial charge in [-0.1, -0.05) is 24.8 Å². The van der Waals surface area contributed by atoms with Crippen molar-refractivity contribution in [3.05, 3.63) is 54.4 Å². The first-order chi connectivity index (χ1) is 9.56. The molecule has 0 saturated carbocycles. The number of benzene rings is 1. The van der Waals surface area contributed by atoms with E-state index >= 15 is 0 Å². The molecule has 2 aromatic rings. The predicted molar refractivity (Wildman–Crippen MR) is 87.8 cm³/mol. The largest absolute Gasteiger partial charge is 0.381 e. The number of pyridine rings is 1. The summed E-state index contributed by atoms with van der Waals surface area (Å²) in [5, 5.41) is 5.38. The second-order valence-corrected chi connectivity index (χ2v) is 4.98. The average Bonchev–Trinajstić information content (AvgIpc) is 2.46. The molecule has 0 radical (unpaired) electrons. The van der Waals surface area contributed by atoms with Crippen LogP contribution in [0.5, 0.6) is 0 Å². The molecule has 0 aliphatic heterocycles. The molecule has 0 amide bonds. The Morgan fingerprint density at radius 2 is 2.00 bits per heavy atom. The van der Waals surface area contributed by atoms with Crippen LogP contribution in [0.15, 0.2) is 48.8 Å². The van der Waals surface area contributed by atoms with Crippen molar-refractivity contribution in [2.45, 2.75) is 6.92 Å². The third-order valence-corrected chi connectivity index (χ3v) is 3.55. The number of allylic oxidation sites excluding steroid dienone is 3. The molecule has 0 fully saturated rings. The highest BCUT2D eigenvalue weighted by molar-refractivity contribution is 5.89. The Balaban J connectivity index is 2.60. The van der Waals surface area contributed by atoms with Crippen LogP contribution in [0.25, 0.3) is 16.3 Å². The lowest BCUT2D eigenvalue weighted by molar-refractivity contribution is 0.517. The van der Waals surface area contributed by atoms with Crippen LogP contribution >= 0.6 is 0 Å². The number of aromatic nitrogens is 1. The summed E-state index contributed by atoms with van der Waals surface area (Å²) in [4.78, 5) is 6.44. The zero-order valence-corrected chi connectivity index (χ0v) is 12.6. The lowest BCUT2D eigenvalue weighted by Gasteiger charge is -2.17. The molecular weight excluding hydrogens is 246 g/mol. The molecule has 0 saturated heterocycles. The van der Waals surface area contributed by atoms with Crippen LogP contribution in [-0.4, -0.2) is 31.0 Å². The second-order valence-electron chi connectivity index (χ2n) is 4.98. The van der Waals surface area contributed by atoms with Gasteiger partial charge in [0.15, 0.2) is 0 Å². The van der Waals surface area contributed by atoms with Crippen molar-refractivity contribution in [3.63, 3.8) is 0 Å². The van der Waals surface area contributed by atoms with Gasteiger partial charge in [-0.2, -0.15) is 0 Å². The number of rotatable bonds is 4. The molecular formula is C17H21N3. The SMILES string of the molecule is C=C/C(=C(/C)N(C)C)c1ccc2cnc(NC)cc2c1. The summed E-state index contributed by atoms with van der Waals surface area (Å²) in [6, 6.07) is 8.46. The van der Waals surface area contributed by atoms with E-state index in [1.165, 1.54) is 16.6 Å². The van der Waals surface area contributed by atoms with E-state index < -0.39 is 0 Å². The van der Waals surface area contributed by atoms with Crippen LogP contribution in [-0.2, 0) is 0 Å². The number of fused-ring (bicyclic) bond motifs is 1. The van der Waals surface area contributed by atoms with Gasteiger partial charge in [-0.3, -0.25) is 0 Å². The minimum atomic E-state index is 0.878. The van der Waals surface area contributed by atoms with Gasteiger partial charge in [-0.05, 0) is 35.6 Å². The first-order valence-electron chi connectivity index (χ1n) is 6.65. The molecule has 104 valence electrons. The Hall–Kier alpha value is -2.29. The van der Waals surface area contributed by atoms with Gasteiger partial charge in [-0.25, -0.2) is 4.98 Å². The lowest BCUT2D eigenvalue weighted by atomic mass is 10.0. The summed E-state index contributed by atoms with van der Waals surface area (Å²) >= 11 is 0. The first-order valence-corrected chi connectivity index (χ1v) is 6.65. The van der Waals surface area contributed by atoms with Crippen LogP contribution in [0.2, 0.25) is 0 Å². The van der Waals surface area contributed by atoms with Gasteiger partial charge < -0.3 is 10.2 Å². The van der Waals surface area contributed by atoms with E-state index in [-0.39, 0.29) is 0 Å². The van der Waals surface area contributed by atoms with Crippen LogP contribution in [0, 0.1) is 0 Å². The Bertz CT molecular complexity index is 669. The van der Waals surface area contributed by atoms with Gasteiger partial charge in [-0.15, -0.1) is 0 Å². The highest BCUT2D eigenvalue weighted by atomic mass is 15.1. The van der Waals surface area contributed by atoms with Crippen molar-refractivity contribution < 1.29 is 0 Å². The topological polar surface area (TPSA) is 28.2 Å². The molecule has 20 heavy (non-hydrogen) atoms. The number of anilines is 1. The first kappa shape index (κ1) is 14.1. The summed E-state index contributed by atoms with van der Waals surface area (Å²) in [5.74, 6) is 0.878. The second kappa shape index (κ2) is 5.78. The summed E-state index contributed by atoms with van der Waals surface area (Å²) in [7, 11) is 5.97. The number of hydrogen-bond acceptors (Lipinski definition) is 3. The zero-order chi connectivity index (χ0) is 14.7. The maximum absolute atomic E-state index is 4.33. The van der Waals surface area contributed by atoms with E-state index in [2.05, 4.69) is 53.0 Å². The van der Waals surface area contributed by atoms with Gasteiger partial charge >= 0.3 is 0 Å². The quantitative estimate of drug-likeness (QED) is 0.855. The van der Waals surface area contributed by atoms with E-state index in [1.807, 2.05) is 33.4 Å². The van der Waals surface area contributed by atoms with Crippen LogP contribution in [0.4, 0.5) is 5.82 Å². The van der Waals surface area contributed by atoms with Crippen LogP contribution < -0.4 is 5.32 Å². The smallest absolute Gasteiger partial charge is 0.126 e. The molecule has 0 unspecified atom stereocenters. The third kappa shape index (κ3) is 2.67. The fourth-order valence-corrected chi connectivity index (χ4v) is 2.16. The number of nitrogens with zero attached hydrogens (tertiary/aromatic N) is 2. The molecule has 3 nitrogen and oxygen atoms in total. The Morgan fingerprint density at radius 3 is 2.60 bits per heavy atom. The summed E-state index contributed by atoms with van der Waals surface area (Å²) in [6.45, 7) is 6.05. The summed E-state index contributed by atoms with van der Waals surface area (Å²) in [5.41, 5.74) is 3.52. The van der Waals surface area contributed by atoms with Crippen molar-refractivity contribution in [1.82, 2.24) is 9.88 Å². The molecule has 1 N–H and O–H groups in total. The van der Waals surface area contributed by atoms with Gasteiger partial charge in [0.1, 0.15) is 5.82 Å². The Labute approximate surface area is 120 Å². The van der Waals surface area contributed by atoms with Crippen molar-refractivity contribution in [2.24, 2.45) is 0 Å². The molecule has 1 aromatic heterocycles. The Kier molecular flexibility index (Phi) is 4.08. The molecule has 1 heterocycles. The van der Waals surface area contributed by atoms with E-state index in [0.29, 0.717) is 0 Å². The fraction of sp³-hybridized carbons (Fsp3) is 0.235. The lowest BCUT2D eigenvalue weighted by Crippen LogP contribution is -2.10. The zero-order valence-electron chi connectivity index (χ0n) is 12.6. The third-order valence-electron chi connectivity index (χ3n) is 3.55. The molecule has 1 aromatic carbocycles. The van der Waals surface area contributed by atoms with E-state index in [0.717, 1.165) is 16.8 Å². The van der Waals surface area contributed by atoms with E-state index in [9.17, 15) is 0 Å². The highest BCUT2D eigenvalue weighted by Gasteiger charge is 2.06. The molecule has 0 spiro atoms. The molecule has 0 bridgehead atoms. The minimum Gasteiger partial charge on any atom is -0.381 e. The summed E-state index contributed by atoms with van der Waals surface area (Å²) in [6.07, 6.45) is 3.80. The van der Waals surface area contributed by atoms with Crippen molar-refractivity contribution >= 4 is 22.2 Å². The predicted octanol–water partition coefficient (Wildman–Crippen LogP) is 3.76. The molecule has 3 heteroatoms. The number of hydrogen-bond donors (Lipinski definition) is 1. The Morgan fingerprint density at radius 1 is 1.25 bits per heavy atom. The van der Waals surface area contributed by atoms with E-state index in [4.69, 9.17) is 0 Å². The minimum absolute atomic E-state index is 0.878. The molecule has 0 aliphatic rings. The average molecular weight is 267 g/mol. The summed E-state index contributed by atoms with van der Waals surface area (Å²) < 4.78 is 0. The van der Waals surface area contributed by atoms with Gasteiger partial charge in [0.25, 0.3) is 0 Å². The van der Waals surface area contributed by atoms with Gasteiger partial charge in [0.2, 0.25) is 0 Å². The van der Waals surface area contributed by atoms with Crippen LogP contribution in [0.3, 0.4) is 0 Å². The highest BCUT2D eigenvalue weighted by Crippen LogP contribution is 2.25. The molecule has 2 rings (SSSR count). The molecule has 0 atom stereocenters. The van der Waals surface area contributed by atoms with Crippen molar-refractivity contribution in [1.29, 1.82) is 0 Å². The number of nitrogens with one attached hydrogen (secondary N) is 1.